The number of halogens is 1. The van der Waals surface area contributed by atoms with Crippen LogP contribution in [0, 0.1) is 5.92 Å². The molecule has 0 amide bonds. The molecule has 0 bridgehead atoms. The zero-order valence-electron chi connectivity index (χ0n) is 9.31. The Morgan fingerprint density at radius 1 is 1.47 bits per heavy atom. The molecular weight excluding hydrogens is 262 g/mol. The van der Waals surface area contributed by atoms with Crippen molar-refractivity contribution in [2.45, 2.75) is 26.1 Å². The van der Waals surface area contributed by atoms with E-state index in [1.54, 1.807) is 18.8 Å². The minimum atomic E-state index is -0.732. The molecule has 0 aliphatic rings. The van der Waals surface area contributed by atoms with Gasteiger partial charge in [-0.2, -0.15) is 0 Å². The highest BCUT2D eigenvalue weighted by Gasteiger charge is 2.28. The maximum Gasteiger partial charge on any atom is 0.154 e. The Morgan fingerprint density at radius 3 is 2.40 bits per heavy atom. The summed E-state index contributed by atoms with van der Waals surface area (Å²) in [7, 11) is 3.33. The lowest BCUT2D eigenvalue weighted by Crippen LogP contribution is -2.28. The van der Waals surface area contributed by atoms with Crippen LogP contribution >= 0.6 is 15.9 Å². The molecule has 0 aromatic carbocycles. The predicted molar refractivity (Wildman–Crippen MR) is 59.3 cm³/mol. The number of aliphatic hydroxyl groups is 1. The highest BCUT2D eigenvalue weighted by Crippen LogP contribution is 2.27. The van der Waals surface area contributed by atoms with Crippen molar-refractivity contribution in [3.05, 3.63) is 10.3 Å². The highest BCUT2D eigenvalue weighted by atomic mass is 79.9. The van der Waals surface area contributed by atoms with Crippen molar-refractivity contribution >= 4 is 15.9 Å². The molecule has 0 aliphatic carbocycles. The summed E-state index contributed by atoms with van der Waals surface area (Å²) in [6.07, 6.45) is -0.997. The molecule has 86 valence electrons. The molecule has 0 spiro atoms. The Labute approximate surface area is 97.6 Å². The van der Waals surface area contributed by atoms with E-state index in [1.165, 1.54) is 0 Å². The van der Waals surface area contributed by atoms with E-state index in [0.29, 0.717) is 10.3 Å². The maximum atomic E-state index is 10.1. The van der Waals surface area contributed by atoms with Crippen LogP contribution in [0.25, 0.3) is 0 Å². The summed E-state index contributed by atoms with van der Waals surface area (Å²) in [5, 5.41) is 17.8. The van der Waals surface area contributed by atoms with Crippen molar-refractivity contribution in [1.82, 2.24) is 15.0 Å². The number of nitrogens with zero attached hydrogens (tertiary/aromatic N) is 3. The van der Waals surface area contributed by atoms with Crippen molar-refractivity contribution in [3.63, 3.8) is 0 Å². The Bertz CT molecular complexity index is 308. The predicted octanol–water partition coefficient (Wildman–Crippen LogP) is 1.28. The summed E-state index contributed by atoms with van der Waals surface area (Å²) >= 11 is 3.25. The number of rotatable bonds is 4. The van der Waals surface area contributed by atoms with Crippen LogP contribution in [0.4, 0.5) is 0 Å². The number of hydrogen-bond acceptors (Lipinski definition) is 4. The summed E-state index contributed by atoms with van der Waals surface area (Å²) in [4.78, 5) is 0. The van der Waals surface area contributed by atoms with Crippen LogP contribution in [0.15, 0.2) is 4.60 Å². The van der Waals surface area contributed by atoms with E-state index >= 15 is 0 Å². The summed E-state index contributed by atoms with van der Waals surface area (Å²) in [5.41, 5.74) is 0.635. The second-order valence-electron chi connectivity index (χ2n) is 3.78. The molecule has 5 nitrogen and oxygen atoms in total. The molecule has 1 heterocycles. The van der Waals surface area contributed by atoms with E-state index in [9.17, 15) is 5.11 Å². The second-order valence-corrected chi connectivity index (χ2v) is 4.53. The first-order chi connectivity index (χ1) is 6.99. The minimum Gasteiger partial charge on any atom is -0.384 e. The van der Waals surface area contributed by atoms with E-state index in [-0.39, 0.29) is 12.0 Å². The van der Waals surface area contributed by atoms with Crippen LogP contribution < -0.4 is 0 Å². The van der Waals surface area contributed by atoms with Gasteiger partial charge < -0.3 is 9.84 Å². The normalized spacial score (nSPS) is 15.7. The van der Waals surface area contributed by atoms with Gasteiger partial charge in [0.1, 0.15) is 11.8 Å². The molecule has 1 aromatic heterocycles. The lowest BCUT2D eigenvalue weighted by molar-refractivity contribution is -0.0427. The fraction of sp³-hybridized carbons (Fsp3) is 0.778. The number of ether oxygens (including phenoxy) is 1. The van der Waals surface area contributed by atoms with Gasteiger partial charge in [-0.05, 0) is 21.8 Å². The second kappa shape index (κ2) is 5.05. The SMILES string of the molecule is COC(C(C)C)C(O)c1c(Br)nnn1C. The van der Waals surface area contributed by atoms with Crippen LogP contribution in [0.3, 0.4) is 0 Å². The third kappa shape index (κ3) is 2.56. The van der Waals surface area contributed by atoms with Gasteiger partial charge in [0.15, 0.2) is 4.60 Å². The minimum absolute atomic E-state index is 0.215. The molecule has 0 aliphatic heterocycles. The third-order valence-electron chi connectivity index (χ3n) is 2.35. The molecular formula is C9H16BrN3O2. The van der Waals surface area contributed by atoms with Gasteiger partial charge in [-0.15, -0.1) is 5.10 Å². The number of aryl methyl sites for hydroxylation is 1. The highest BCUT2D eigenvalue weighted by molar-refractivity contribution is 9.10. The fourth-order valence-corrected chi connectivity index (χ4v) is 2.14. The summed E-state index contributed by atoms with van der Waals surface area (Å²) in [6, 6.07) is 0. The summed E-state index contributed by atoms with van der Waals surface area (Å²) in [5.74, 6) is 0.215. The molecule has 6 heteroatoms. The Balaban J connectivity index is 2.97. The van der Waals surface area contributed by atoms with E-state index in [2.05, 4.69) is 26.2 Å². The smallest absolute Gasteiger partial charge is 0.154 e. The molecule has 0 saturated heterocycles. The molecule has 2 atom stereocenters. The number of aromatic nitrogens is 3. The monoisotopic (exact) mass is 277 g/mol. The van der Waals surface area contributed by atoms with Crippen molar-refractivity contribution in [3.8, 4) is 0 Å². The number of methoxy groups -OCH3 is 1. The van der Waals surface area contributed by atoms with Gasteiger partial charge in [0.05, 0.1) is 6.10 Å². The van der Waals surface area contributed by atoms with E-state index in [4.69, 9.17) is 4.74 Å². The Morgan fingerprint density at radius 2 is 2.07 bits per heavy atom. The van der Waals surface area contributed by atoms with Crippen molar-refractivity contribution in [1.29, 1.82) is 0 Å². The van der Waals surface area contributed by atoms with Gasteiger partial charge in [0.2, 0.25) is 0 Å². The van der Waals surface area contributed by atoms with E-state index in [1.807, 2.05) is 13.8 Å². The Kier molecular flexibility index (Phi) is 4.24. The number of aliphatic hydroxyl groups excluding tert-OH is 1. The molecule has 0 radical (unpaired) electrons. The average molecular weight is 278 g/mol. The molecule has 1 N–H and O–H groups in total. The molecule has 1 aromatic rings. The van der Waals surface area contributed by atoms with Crippen molar-refractivity contribution < 1.29 is 9.84 Å². The lowest BCUT2D eigenvalue weighted by atomic mass is 10.00. The lowest BCUT2D eigenvalue weighted by Gasteiger charge is -2.24. The van der Waals surface area contributed by atoms with Crippen LogP contribution in [0.1, 0.15) is 25.6 Å². The average Bonchev–Trinajstić information content (AvgIpc) is 2.46. The largest absolute Gasteiger partial charge is 0.384 e. The quantitative estimate of drug-likeness (QED) is 0.901. The van der Waals surface area contributed by atoms with Gasteiger partial charge in [0.25, 0.3) is 0 Å². The topological polar surface area (TPSA) is 60.2 Å². The van der Waals surface area contributed by atoms with Gasteiger partial charge in [0, 0.05) is 14.2 Å². The van der Waals surface area contributed by atoms with Gasteiger partial charge in [-0.3, -0.25) is 0 Å². The van der Waals surface area contributed by atoms with E-state index in [0.717, 1.165) is 0 Å². The van der Waals surface area contributed by atoms with Crippen LogP contribution in [0.5, 0.6) is 0 Å². The first-order valence-corrected chi connectivity index (χ1v) is 5.54. The Hall–Kier alpha value is -0.460. The van der Waals surface area contributed by atoms with Gasteiger partial charge in [-0.25, -0.2) is 4.68 Å². The molecule has 15 heavy (non-hydrogen) atoms. The van der Waals surface area contributed by atoms with Gasteiger partial charge in [-0.1, -0.05) is 19.1 Å². The van der Waals surface area contributed by atoms with E-state index < -0.39 is 6.10 Å². The van der Waals surface area contributed by atoms with Crippen molar-refractivity contribution in [2.24, 2.45) is 13.0 Å². The zero-order chi connectivity index (χ0) is 11.6. The van der Waals surface area contributed by atoms with Crippen LogP contribution in [0.2, 0.25) is 0 Å². The zero-order valence-corrected chi connectivity index (χ0v) is 10.9. The molecule has 0 saturated carbocycles. The first kappa shape index (κ1) is 12.6. The fourth-order valence-electron chi connectivity index (χ4n) is 1.57. The molecule has 1 rings (SSSR count). The maximum absolute atomic E-state index is 10.1. The first-order valence-electron chi connectivity index (χ1n) is 4.75. The standard InChI is InChI=1S/C9H16BrN3O2/c1-5(2)8(15-4)7(14)6-9(10)11-12-13(6)3/h5,7-8,14H,1-4H3. The summed E-state index contributed by atoms with van der Waals surface area (Å²) in [6.45, 7) is 3.99. The number of hydrogen-bond donors (Lipinski definition) is 1. The summed E-state index contributed by atoms with van der Waals surface area (Å²) < 4.78 is 7.37. The molecule has 0 fully saturated rings. The van der Waals surface area contributed by atoms with Crippen LogP contribution in [-0.2, 0) is 11.8 Å². The third-order valence-corrected chi connectivity index (χ3v) is 2.91. The van der Waals surface area contributed by atoms with Crippen LogP contribution in [-0.4, -0.2) is 33.3 Å². The molecule has 2 unspecified atom stereocenters. The van der Waals surface area contributed by atoms with Gasteiger partial charge >= 0.3 is 0 Å². The van der Waals surface area contributed by atoms with Crippen molar-refractivity contribution in [2.75, 3.05) is 7.11 Å².